The lowest BCUT2D eigenvalue weighted by atomic mass is 10.0. The van der Waals surface area contributed by atoms with Crippen LogP contribution in [-0.4, -0.2) is 49.8 Å². The quantitative estimate of drug-likeness (QED) is 0.740. The van der Waals surface area contributed by atoms with Crippen LogP contribution in [0.4, 0.5) is 0 Å². The summed E-state index contributed by atoms with van der Waals surface area (Å²) in [5.74, 6) is 0.697. The summed E-state index contributed by atoms with van der Waals surface area (Å²) in [6.07, 6.45) is 2.97. The van der Waals surface area contributed by atoms with Gasteiger partial charge >= 0.3 is 0 Å². The molecule has 2 atom stereocenters. The van der Waals surface area contributed by atoms with Gasteiger partial charge in [0.05, 0.1) is 6.10 Å². The van der Waals surface area contributed by atoms with E-state index in [9.17, 15) is 0 Å². The summed E-state index contributed by atoms with van der Waals surface area (Å²) in [5.41, 5.74) is 0. The van der Waals surface area contributed by atoms with Gasteiger partial charge in [0.15, 0.2) is 0 Å². The topological polar surface area (TPSA) is 24.5 Å². The minimum atomic E-state index is 0.461. The standard InChI is InChI=1S/C14H30N2O/c1-5-15-14(12(3)4)11-16-9-7-8-13(10-16)17-6-2/h12-15H,5-11H2,1-4H3. The molecule has 0 aromatic heterocycles. The van der Waals surface area contributed by atoms with Gasteiger partial charge in [0.2, 0.25) is 0 Å². The van der Waals surface area contributed by atoms with E-state index in [1.807, 2.05) is 0 Å². The first-order valence-electron chi connectivity index (χ1n) is 7.24. The van der Waals surface area contributed by atoms with Gasteiger partial charge in [-0.15, -0.1) is 0 Å². The lowest BCUT2D eigenvalue weighted by molar-refractivity contribution is 0.00223. The monoisotopic (exact) mass is 242 g/mol. The van der Waals surface area contributed by atoms with Crippen molar-refractivity contribution < 1.29 is 4.74 Å². The summed E-state index contributed by atoms with van der Waals surface area (Å²) >= 11 is 0. The lowest BCUT2D eigenvalue weighted by Gasteiger charge is -2.36. The van der Waals surface area contributed by atoms with Gasteiger partial charge in [-0.25, -0.2) is 0 Å². The predicted molar refractivity (Wildman–Crippen MR) is 73.4 cm³/mol. The van der Waals surface area contributed by atoms with Crippen LogP contribution < -0.4 is 5.32 Å². The maximum absolute atomic E-state index is 5.75. The summed E-state index contributed by atoms with van der Waals surface area (Å²) in [6, 6.07) is 0.611. The Morgan fingerprint density at radius 1 is 1.35 bits per heavy atom. The molecule has 1 aliphatic heterocycles. The smallest absolute Gasteiger partial charge is 0.0702 e. The van der Waals surface area contributed by atoms with E-state index in [0.717, 1.165) is 26.2 Å². The van der Waals surface area contributed by atoms with E-state index in [0.29, 0.717) is 18.1 Å². The van der Waals surface area contributed by atoms with Crippen LogP contribution in [0, 0.1) is 5.92 Å². The Balaban J connectivity index is 2.37. The van der Waals surface area contributed by atoms with Gasteiger partial charge in [0.1, 0.15) is 0 Å². The maximum atomic E-state index is 5.75. The molecule has 1 saturated heterocycles. The van der Waals surface area contributed by atoms with Gasteiger partial charge in [-0.3, -0.25) is 4.90 Å². The third-order valence-electron chi connectivity index (χ3n) is 3.59. The zero-order valence-electron chi connectivity index (χ0n) is 12.0. The van der Waals surface area contributed by atoms with Gasteiger partial charge < -0.3 is 10.1 Å². The second-order valence-corrected chi connectivity index (χ2v) is 5.39. The number of likely N-dealkylation sites (N-methyl/N-ethyl adjacent to an activating group) is 1. The summed E-state index contributed by atoms with van der Waals surface area (Å²) in [4.78, 5) is 2.57. The molecule has 1 heterocycles. The third kappa shape index (κ3) is 5.36. The van der Waals surface area contributed by atoms with E-state index in [1.165, 1.54) is 19.4 Å². The second-order valence-electron chi connectivity index (χ2n) is 5.39. The molecular formula is C14H30N2O. The molecule has 1 rings (SSSR count). The van der Waals surface area contributed by atoms with Crippen LogP contribution >= 0.6 is 0 Å². The summed E-state index contributed by atoms with van der Waals surface area (Å²) in [5, 5.41) is 3.59. The van der Waals surface area contributed by atoms with E-state index in [1.54, 1.807) is 0 Å². The van der Waals surface area contributed by atoms with E-state index in [-0.39, 0.29) is 0 Å². The molecule has 0 amide bonds. The molecule has 0 bridgehead atoms. The van der Waals surface area contributed by atoms with Crippen LogP contribution in [-0.2, 0) is 4.74 Å². The Kier molecular flexibility index (Phi) is 7.09. The van der Waals surface area contributed by atoms with Crippen molar-refractivity contribution in [2.45, 2.75) is 52.7 Å². The van der Waals surface area contributed by atoms with Crippen molar-refractivity contribution >= 4 is 0 Å². The van der Waals surface area contributed by atoms with E-state index in [2.05, 4.69) is 37.9 Å². The fourth-order valence-corrected chi connectivity index (χ4v) is 2.60. The molecule has 1 aliphatic rings. The first kappa shape index (κ1) is 14.9. The zero-order valence-corrected chi connectivity index (χ0v) is 12.0. The Labute approximate surface area is 107 Å². The molecule has 1 N–H and O–H groups in total. The molecule has 3 heteroatoms. The third-order valence-corrected chi connectivity index (χ3v) is 3.59. The normalized spacial score (nSPS) is 24.2. The van der Waals surface area contributed by atoms with Crippen molar-refractivity contribution in [2.75, 3.05) is 32.8 Å². The fourth-order valence-electron chi connectivity index (χ4n) is 2.60. The molecule has 0 aromatic carbocycles. The van der Waals surface area contributed by atoms with E-state index < -0.39 is 0 Å². The first-order valence-corrected chi connectivity index (χ1v) is 7.24. The highest BCUT2D eigenvalue weighted by Gasteiger charge is 2.23. The minimum Gasteiger partial charge on any atom is -0.377 e. The molecular weight excluding hydrogens is 212 g/mol. The van der Waals surface area contributed by atoms with Gasteiger partial charge in [0.25, 0.3) is 0 Å². The number of hydrogen-bond acceptors (Lipinski definition) is 3. The van der Waals surface area contributed by atoms with Crippen LogP contribution in [0.25, 0.3) is 0 Å². The number of nitrogens with zero attached hydrogens (tertiary/aromatic N) is 1. The highest BCUT2D eigenvalue weighted by atomic mass is 16.5. The van der Waals surface area contributed by atoms with Crippen molar-refractivity contribution in [1.29, 1.82) is 0 Å². The molecule has 0 spiro atoms. The van der Waals surface area contributed by atoms with Gasteiger partial charge in [-0.05, 0) is 38.8 Å². The fraction of sp³-hybridized carbons (Fsp3) is 1.00. The Bertz CT molecular complexity index is 195. The van der Waals surface area contributed by atoms with Gasteiger partial charge in [-0.1, -0.05) is 20.8 Å². The molecule has 0 aromatic rings. The van der Waals surface area contributed by atoms with E-state index >= 15 is 0 Å². The number of likely N-dealkylation sites (tertiary alicyclic amines) is 1. The zero-order chi connectivity index (χ0) is 12.7. The Morgan fingerprint density at radius 3 is 2.71 bits per heavy atom. The Morgan fingerprint density at radius 2 is 2.12 bits per heavy atom. The Hall–Kier alpha value is -0.120. The van der Waals surface area contributed by atoms with Crippen molar-refractivity contribution in [2.24, 2.45) is 5.92 Å². The minimum absolute atomic E-state index is 0.461. The lowest BCUT2D eigenvalue weighted by Crippen LogP contribution is -2.48. The number of piperidine rings is 1. The van der Waals surface area contributed by atoms with Crippen LogP contribution in [0.2, 0.25) is 0 Å². The van der Waals surface area contributed by atoms with Crippen molar-refractivity contribution in [3.63, 3.8) is 0 Å². The average molecular weight is 242 g/mol. The van der Waals surface area contributed by atoms with E-state index in [4.69, 9.17) is 4.74 Å². The number of rotatable bonds is 7. The van der Waals surface area contributed by atoms with Crippen LogP contribution in [0.15, 0.2) is 0 Å². The first-order chi connectivity index (χ1) is 8.17. The van der Waals surface area contributed by atoms with Crippen LogP contribution in [0.3, 0.4) is 0 Å². The van der Waals surface area contributed by atoms with Crippen molar-refractivity contribution in [3.05, 3.63) is 0 Å². The molecule has 102 valence electrons. The van der Waals surface area contributed by atoms with Crippen molar-refractivity contribution in [1.82, 2.24) is 10.2 Å². The highest BCUT2D eigenvalue weighted by Crippen LogP contribution is 2.15. The average Bonchev–Trinajstić information content (AvgIpc) is 2.29. The molecule has 17 heavy (non-hydrogen) atoms. The van der Waals surface area contributed by atoms with Gasteiger partial charge in [-0.2, -0.15) is 0 Å². The molecule has 0 saturated carbocycles. The second kappa shape index (κ2) is 8.06. The maximum Gasteiger partial charge on any atom is 0.0702 e. The predicted octanol–water partition coefficient (Wildman–Crippen LogP) is 2.12. The molecule has 0 aliphatic carbocycles. The highest BCUT2D eigenvalue weighted by molar-refractivity contribution is 4.79. The number of hydrogen-bond donors (Lipinski definition) is 1. The molecule has 1 fully saturated rings. The molecule has 2 unspecified atom stereocenters. The number of ether oxygens (including phenoxy) is 1. The van der Waals surface area contributed by atoms with Crippen molar-refractivity contribution in [3.8, 4) is 0 Å². The molecule has 3 nitrogen and oxygen atoms in total. The van der Waals surface area contributed by atoms with Crippen LogP contribution in [0.5, 0.6) is 0 Å². The van der Waals surface area contributed by atoms with Gasteiger partial charge in [0, 0.05) is 25.7 Å². The SMILES string of the molecule is CCNC(CN1CCCC(OCC)C1)C(C)C. The van der Waals surface area contributed by atoms with Crippen LogP contribution in [0.1, 0.15) is 40.5 Å². The largest absolute Gasteiger partial charge is 0.377 e. The molecule has 0 radical (unpaired) electrons. The summed E-state index contributed by atoms with van der Waals surface area (Å²) in [6.45, 7) is 14.3. The number of nitrogens with one attached hydrogen (secondary N) is 1. The summed E-state index contributed by atoms with van der Waals surface area (Å²) < 4.78 is 5.75. The summed E-state index contributed by atoms with van der Waals surface area (Å²) in [7, 11) is 0.